The maximum absolute atomic E-state index is 12.1. The second-order valence-electron chi connectivity index (χ2n) is 4.76. The van der Waals surface area contributed by atoms with E-state index in [9.17, 15) is 14.4 Å². The third kappa shape index (κ3) is 4.71. The van der Waals surface area contributed by atoms with Crippen LogP contribution in [0.5, 0.6) is 0 Å². The van der Waals surface area contributed by atoms with Gasteiger partial charge >= 0.3 is 11.9 Å². The first-order valence-corrected chi connectivity index (χ1v) is 7.78. The highest BCUT2D eigenvalue weighted by Gasteiger charge is 2.19. The number of hydrogen-bond acceptors (Lipinski definition) is 5. The number of carbonyl (C=O) groups is 3. The number of halogens is 2. The van der Waals surface area contributed by atoms with Gasteiger partial charge in [0.25, 0.3) is 5.91 Å². The van der Waals surface area contributed by atoms with Crippen LogP contribution in [-0.2, 0) is 14.3 Å². The number of esters is 2. The van der Waals surface area contributed by atoms with Gasteiger partial charge in [0.2, 0.25) is 0 Å². The van der Waals surface area contributed by atoms with E-state index in [0.717, 1.165) is 0 Å². The van der Waals surface area contributed by atoms with Gasteiger partial charge in [-0.2, -0.15) is 0 Å². The monoisotopic (exact) mass is 381 g/mol. The smallest absolute Gasteiger partial charge is 0.339 e. The van der Waals surface area contributed by atoms with Crippen LogP contribution in [-0.4, -0.2) is 31.6 Å². The molecule has 2 aromatic rings. The second kappa shape index (κ2) is 8.50. The molecule has 0 saturated heterocycles. The van der Waals surface area contributed by atoms with E-state index in [1.807, 2.05) is 0 Å². The van der Waals surface area contributed by atoms with Crippen LogP contribution in [0.2, 0.25) is 10.0 Å². The van der Waals surface area contributed by atoms with E-state index in [0.29, 0.717) is 0 Å². The van der Waals surface area contributed by atoms with Crippen molar-refractivity contribution in [3.05, 3.63) is 63.6 Å². The standard InChI is InChI=1S/C17H13Cl2NO5/c1-24-16(22)10-5-2-3-6-11(10)17(23)25-9-14(21)20-15-12(18)7-4-8-13(15)19/h2-8H,9H2,1H3,(H,20,21). The van der Waals surface area contributed by atoms with Crippen molar-refractivity contribution >= 4 is 46.7 Å². The van der Waals surface area contributed by atoms with E-state index in [4.69, 9.17) is 27.9 Å². The summed E-state index contributed by atoms with van der Waals surface area (Å²) in [5.74, 6) is -2.14. The van der Waals surface area contributed by atoms with Crippen LogP contribution in [0.3, 0.4) is 0 Å². The number of hydrogen-bond donors (Lipinski definition) is 1. The molecule has 0 saturated carbocycles. The van der Waals surface area contributed by atoms with Crippen molar-refractivity contribution in [3.63, 3.8) is 0 Å². The Morgan fingerprint density at radius 1 is 0.920 bits per heavy atom. The molecule has 1 amide bonds. The molecular weight excluding hydrogens is 369 g/mol. The van der Waals surface area contributed by atoms with Gasteiger partial charge in [-0.25, -0.2) is 9.59 Å². The lowest BCUT2D eigenvalue weighted by atomic mass is 10.1. The molecule has 0 heterocycles. The molecular formula is C17H13Cl2NO5. The van der Waals surface area contributed by atoms with Crippen molar-refractivity contribution in [3.8, 4) is 0 Å². The van der Waals surface area contributed by atoms with Gasteiger partial charge < -0.3 is 14.8 Å². The summed E-state index contributed by atoms with van der Waals surface area (Å²) < 4.78 is 9.53. The van der Waals surface area contributed by atoms with Crippen LogP contribution >= 0.6 is 23.2 Å². The lowest BCUT2D eigenvalue weighted by Crippen LogP contribution is -2.22. The van der Waals surface area contributed by atoms with E-state index in [1.165, 1.54) is 19.2 Å². The summed E-state index contributed by atoms with van der Waals surface area (Å²) in [4.78, 5) is 35.7. The molecule has 6 nitrogen and oxygen atoms in total. The number of benzene rings is 2. The molecule has 0 atom stereocenters. The van der Waals surface area contributed by atoms with Crippen LogP contribution in [0.4, 0.5) is 5.69 Å². The molecule has 2 aromatic carbocycles. The van der Waals surface area contributed by atoms with E-state index >= 15 is 0 Å². The van der Waals surface area contributed by atoms with E-state index in [-0.39, 0.29) is 26.9 Å². The number of methoxy groups -OCH3 is 1. The number of ether oxygens (including phenoxy) is 2. The Balaban J connectivity index is 2.03. The average molecular weight is 382 g/mol. The van der Waals surface area contributed by atoms with E-state index < -0.39 is 24.5 Å². The normalized spacial score (nSPS) is 10.0. The first-order valence-electron chi connectivity index (χ1n) is 7.02. The third-order valence-electron chi connectivity index (χ3n) is 3.11. The van der Waals surface area contributed by atoms with E-state index in [1.54, 1.807) is 30.3 Å². The molecule has 2 rings (SSSR count). The van der Waals surface area contributed by atoms with Crippen molar-refractivity contribution < 1.29 is 23.9 Å². The quantitative estimate of drug-likeness (QED) is 0.800. The Hall–Kier alpha value is -2.57. The number of nitrogens with one attached hydrogen (secondary N) is 1. The minimum atomic E-state index is -0.832. The number of anilines is 1. The number of amides is 1. The Labute approximate surface area is 153 Å². The largest absolute Gasteiger partial charge is 0.465 e. The topological polar surface area (TPSA) is 81.7 Å². The highest BCUT2D eigenvalue weighted by Crippen LogP contribution is 2.29. The van der Waals surface area contributed by atoms with Gasteiger partial charge in [0.15, 0.2) is 6.61 Å². The van der Waals surface area contributed by atoms with Crippen LogP contribution in [0.25, 0.3) is 0 Å². The van der Waals surface area contributed by atoms with Gasteiger partial charge in [0.05, 0.1) is 34.0 Å². The molecule has 1 N–H and O–H groups in total. The van der Waals surface area contributed by atoms with Gasteiger partial charge in [0.1, 0.15) is 0 Å². The highest BCUT2D eigenvalue weighted by atomic mass is 35.5. The first kappa shape index (κ1) is 18.8. The Morgan fingerprint density at radius 2 is 1.48 bits per heavy atom. The van der Waals surface area contributed by atoms with Crippen LogP contribution in [0.1, 0.15) is 20.7 Å². The predicted octanol–water partition coefficient (Wildman–Crippen LogP) is 3.58. The lowest BCUT2D eigenvalue weighted by molar-refractivity contribution is -0.119. The van der Waals surface area contributed by atoms with Crippen LogP contribution in [0.15, 0.2) is 42.5 Å². The number of para-hydroxylation sites is 1. The highest BCUT2D eigenvalue weighted by molar-refractivity contribution is 6.39. The van der Waals surface area contributed by atoms with Gasteiger partial charge in [-0.15, -0.1) is 0 Å². The SMILES string of the molecule is COC(=O)c1ccccc1C(=O)OCC(=O)Nc1c(Cl)cccc1Cl. The summed E-state index contributed by atoms with van der Waals surface area (Å²) in [7, 11) is 1.20. The first-order chi connectivity index (χ1) is 11.9. The van der Waals surface area contributed by atoms with Crippen molar-refractivity contribution in [1.29, 1.82) is 0 Å². The maximum atomic E-state index is 12.1. The fourth-order valence-corrected chi connectivity index (χ4v) is 2.44. The summed E-state index contributed by atoms with van der Waals surface area (Å²) in [6.45, 7) is -0.574. The summed E-state index contributed by atoms with van der Waals surface area (Å²) >= 11 is 11.9. The maximum Gasteiger partial charge on any atom is 0.339 e. The third-order valence-corrected chi connectivity index (χ3v) is 3.74. The predicted molar refractivity (Wildman–Crippen MR) is 93.2 cm³/mol. The summed E-state index contributed by atoms with van der Waals surface area (Å²) in [5.41, 5.74) is 0.268. The minimum absolute atomic E-state index is 0.00192. The molecule has 25 heavy (non-hydrogen) atoms. The molecule has 0 unspecified atom stereocenters. The van der Waals surface area contributed by atoms with Crippen LogP contribution in [0, 0.1) is 0 Å². The molecule has 0 radical (unpaired) electrons. The van der Waals surface area contributed by atoms with Gasteiger partial charge in [0, 0.05) is 0 Å². The molecule has 0 aliphatic heterocycles. The molecule has 0 aliphatic carbocycles. The fraction of sp³-hybridized carbons (Fsp3) is 0.118. The number of carbonyl (C=O) groups excluding carboxylic acids is 3. The summed E-state index contributed by atoms with van der Waals surface area (Å²) in [6.07, 6.45) is 0. The molecule has 0 bridgehead atoms. The van der Waals surface area contributed by atoms with E-state index in [2.05, 4.69) is 10.1 Å². The Bertz CT molecular complexity index is 802. The van der Waals surface area contributed by atoms with Crippen molar-refractivity contribution in [2.24, 2.45) is 0 Å². The average Bonchev–Trinajstić information content (AvgIpc) is 2.62. The molecule has 130 valence electrons. The Kier molecular flexibility index (Phi) is 6.38. The number of rotatable bonds is 5. The zero-order valence-electron chi connectivity index (χ0n) is 13.0. The lowest BCUT2D eigenvalue weighted by Gasteiger charge is -2.10. The fourth-order valence-electron chi connectivity index (χ4n) is 1.95. The molecule has 0 aromatic heterocycles. The van der Waals surface area contributed by atoms with Crippen molar-refractivity contribution in [2.75, 3.05) is 19.0 Å². The molecule has 0 aliphatic rings. The van der Waals surface area contributed by atoms with Crippen molar-refractivity contribution in [2.45, 2.75) is 0 Å². The zero-order valence-corrected chi connectivity index (χ0v) is 14.6. The van der Waals surface area contributed by atoms with Gasteiger partial charge in [-0.3, -0.25) is 4.79 Å². The van der Waals surface area contributed by atoms with Gasteiger partial charge in [-0.05, 0) is 24.3 Å². The minimum Gasteiger partial charge on any atom is -0.465 e. The van der Waals surface area contributed by atoms with Gasteiger partial charge in [-0.1, -0.05) is 41.4 Å². The second-order valence-corrected chi connectivity index (χ2v) is 5.57. The van der Waals surface area contributed by atoms with Crippen molar-refractivity contribution in [1.82, 2.24) is 0 Å². The Morgan fingerprint density at radius 3 is 2.04 bits per heavy atom. The molecule has 8 heteroatoms. The van der Waals surface area contributed by atoms with Crippen LogP contribution < -0.4 is 5.32 Å². The zero-order chi connectivity index (χ0) is 18.4. The molecule has 0 spiro atoms. The molecule has 0 fully saturated rings. The summed E-state index contributed by atoms with van der Waals surface area (Å²) in [6, 6.07) is 10.7. The summed E-state index contributed by atoms with van der Waals surface area (Å²) in [5, 5.41) is 2.97.